The van der Waals surface area contributed by atoms with Crippen LogP contribution in [0.1, 0.15) is 20.8 Å². The molecule has 3 nitrogen and oxygen atoms in total. The van der Waals surface area contributed by atoms with Gasteiger partial charge < -0.3 is 14.2 Å². The van der Waals surface area contributed by atoms with E-state index in [-0.39, 0.29) is 12.2 Å². The summed E-state index contributed by atoms with van der Waals surface area (Å²) in [5.74, 6) is 0. The van der Waals surface area contributed by atoms with Gasteiger partial charge in [-0.25, -0.2) is 0 Å². The van der Waals surface area contributed by atoms with Crippen molar-refractivity contribution in [1.29, 1.82) is 0 Å². The number of methoxy groups -OCH3 is 1. The Morgan fingerprint density at radius 3 is 2.31 bits per heavy atom. The van der Waals surface area contributed by atoms with Crippen LogP contribution in [0, 0.1) is 13.0 Å². The van der Waals surface area contributed by atoms with E-state index in [0.717, 1.165) is 0 Å². The molecule has 0 rings (SSSR count). The lowest BCUT2D eigenvalue weighted by Crippen LogP contribution is -2.24. The molecule has 13 heavy (non-hydrogen) atoms. The predicted molar refractivity (Wildman–Crippen MR) is 52.1 cm³/mol. The zero-order valence-corrected chi connectivity index (χ0v) is 8.95. The van der Waals surface area contributed by atoms with Gasteiger partial charge in [0.25, 0.3) is 0 Å². The molecule has 2 unspecified atom stereocenters. The van der Waals surface area contributed by atoms with Crippen molar-refractivity contribution >= 4 is 0 Å². The molecule has 2 atom stereocenters. The van der Waals surface area contributed by atoms with Gasteiger partial charge in [-0.05, 0) is 20.3 Å². The largest absolute Gasteiger partial charge is 0.382 e. The molecule has 0 aromatic heterocycles. The van der Waals surface area contributed by atoms with Crippen molar-refractivity contribution in [3.05, 3.63) is 13.0 Å². The standard InChI is InChI=1S/C10H20O3/c1-5-6-12-8-10(3)13-9(2)7-11-4/h5-6,9-10H,7-8H2,1-4H3. The van der Waals surface area contributed by atoms with Crippen LogP contribution in [0.25, 0.3) is 0 Å². The summed E-state index contributed by atoms with van der Waals surface area (Å²) in [6.07, 6.45) is 2.07. The molecular formula is C10H20O3. The van der Waals surface area contributed by atoms with Crippen molar-refractivity contribution in [1.82, 2.24) is 0 Å². The molecular weight excluding hydrogens is 168 g/mol. The first-order valence-corrected chi connectivity index (χ1v) is 4.57. The normalized spacial score (nSPS) is 15.7. The third-order valence-corrected chi connectivity index (χ3v) is 1.43. The molecule has 0 saturated heterocycles. The molecule has 0 aliphatic rings. The van der Waals surface area contributed by atoms with Crippen molar-refractivity contribution in [3.63, 3.8) is 0 Å². The van der Waals surface area contributed by atoms with Crippen molar-refractivity contribution in [2.24, 2.45) is 0 Å². The predicted octanol–water partition coefficient (Wildman–Crippen LogP) is 1.83. The highest BCUT2D eigenvalue weighted by Gasteiger charge is 2.07. The number of hydrogen-bond donors (Lipinski definition) is 0. The Labute approximate surface area is 81.4 Å². The lowest BCUT2D eigenvalue weighted by Gasteiger charge is -2.18. The minimum absolute atomic E-state index is 0.0985. The summed E-state index contributed by atoms with van der Waals surface area (Å²) >= 11 is 0. The monoisotopic (exact) mass is 188 g/mol. The van der Waals surface area contributed by atoms with Crippen LogP contribution in [0.4, 0.5) is 0 Å². The minimum atomic E-state index is 0.0985. The van der Waals surface area contributed by atoms with Gasteiger partial charge in [-0.1, -0.05) is 6.92 Å². The molecule has 0 saturated carbocycles. The van der Waals surface area contributed by atoms with Gasteiger partial charge in [-0.2, -0.15) is 0 Å². The fourth-order valence-electron chi connectivity index (χ4n) is 0.997. The Morgan fingerprint density at radius 1 is 1.15 bits per heavy atom. The maximum Gasteiger partial charge on any atom is 0.0869 e. The molecule has 0 fully saturated rings. The molecule has 3 heteroatoms. The van der Waals surface area contributed by atoms with E-state index >= 15 is 0 Å². The van der Waals surface area contributed by atoms with Gasteiger partial charge in [0.05, 0.1) is 32.0 Å². The molecule has 0 amide bonds. The third kappa shape index (κ3) is 8.22. The second-order valence-electron chi connectivity index (χ2n) is 3.02. The van der Waals surface area contributed by atoms with E-state index in [9.17, 15) is 0 Å². The first-order chi connectivity index (χ1) is 6.20. The SMILES string of the molecule is C[CH][CH]OCC(C)OC(C)COC. The Balaban J connectivity index is 3.32. The highest BCUT2D eigenvalue weighted by atomic mass is 16.6. The van der Waals surface area contributed by atoms with Gasteiger partial charge in [-0.3, -0.25) is 0 Å². The zero-order chi connectivity index (χ0) is 10.1. The van der Waals surface area contributed by atoms with Crippen LogP contribution >= 0.6 is 0 Å². The maximum absolute atomic E-state index is 5.55. The van der Waals surface area contributed by atoms with E-state index in [1.54, 1.807) is 13.7 Å². The zero-order valence-electron chi connectivity index (χ0n) is 8.95. The molecule has 0 spiro atoms. The van der Waals surface area contributed by atoms with Crippen molar-refractivity contribution in [2.45, 2.75) is 33.0 Å². The Kier molecular flexibility index (Phi) is 8.40. The summed E-state index contributed by atoms with van der Waals surface area (Å²) in [6, 6.07) is 0. The van der Waals surface area contributed by atoms with Gasteiger partial charge in [0, 0.05) is 7.11 Å². The minimum Gasteiger partial charge on any atom is -0.382 e. The van der Waals surface area contributed by atoms with Crippen LogP contribution < -0.4 is 0 Å². The quantitative estimate of drug-likeness (QED) is 0.544. The molecule has 0 aliphatic heterocycles. The summed E-state index contributed by atoms with van der Waals surface area (Å²) in [6.45, 7) is 8.75. The van der Waals surface area contributed by atoms with Crippen LogP contribution in [-0.2, 0) is 14.2 Å². The lowest BCUT2D eigenvalue weighted by molar-refractivity contribution is -0.0557. The van der Waals surface area contributed by atoms with Crippen LogP contribution in [0.2, 0.25) is 0 Å². The third-order valence-electron chi connectivity index (χ3n) is 1.43. The van der Waals surface area contributed by atoms with Crippen molar-refractivity contribution < 1.29 is 14.2 Å². The van der Waals surface area contributed by atoms with E-state index in [1.807, 2.05) is 27.2 Å². The first-order valence-electron chi connectivity index (χ1n) is 4.57. The Bertz CT molecular complexity index is 106. The van der Waals surface area contributed by atoms with E-state index in [2.05, 4.69) is 0 Å². The average molecular weight is 188 g/mol. The molecule has 0 heterocycles. The van der Waals surface area contributed by atoms with Crippen LogP contribution in [0.15, 0.2) is 0 Å². The molecule has 0 N–H and O–H groups in total. The van der Waals surface area contributed by atoms with Crippen molar-refractivity contribution in [3.8, 4) is 0 Å². The first kappa shape index (κ1) is 12.9. The summed E-state index contributed by atoms with van der Waals surface area (Å²) in [4.78, 5) is 0. The lowest BCUT2D eigenvalue weighted by atomic mass is 10.4. The molecule has 0 aliphatic carbocycles. The highest BCUT2D eigenvalue weighted by Crippen LogP contribution is 2.00. The highest BCUT2D eigenvalue weighted by molar-refractivity contribution is 4.67. The van der Waals surface area contributed by atoms with Gasteiger partial charge in [-0.15, -0.1) is 0 Å². The Morgan fingerprint density at radius 2 is 1.77 bits per heavy atom. The number of hydrogen-bond acceptors (Lipinski definition) is 3. The summed E-state index contributed by atoms with van der Waals surface area (Å²) in [7, 11) is 1.67. The molecule has 0 aromatic rings. The van der Waals surface area contributed by atoms with Gasteiger partial charge in [0.1, 0.15) is 0 Å². The van der Waals surface area contributed by atoms with Gasteiger partial charge in [0.15, 0.2) is 0 Å². The summed E-state index contributed by atoms with van der Waals surface area (Å²) in [5.41, 5.74) is 0. The van der Waals surface area contributed by atoms with Crippen LogP contribution in [0.3, 0.4) is 0 Å². The fraction of sp³-hybridized carbons (Fsp3) is 0.800. The van der Waals surface area contributed by atoms with Crippen LogP contribution in [-0.4, -0.2) is 32.5 Å². The second kappa shape index (κ2) is 8.48. The second-order valence-corrected chi connectivity index (χ2v) is 3.02. The van der Waals surface area contributed by atoms with E-state index in [1.165, 1.54) is 0 Å². The maximum atomic E-state index is 5.55. The molecule has 2 radical (unpaired) electrons. The smallest absolute Gasteiger partial charge is 0.0869 e. The molecule has 78 valence electrons. The van der Waals surface area contributed by atoms with E-state index in [0.29, 0.717) is 13.2 Å². The van der Waals surface area contributed by atoms with Gasteiger partial charge in [0.2, 0.25) is 0 Å². The van der Waals surface area contributed by atoms with Crippen LogP contribution in [0.5, 0.6) is 0 Å². The fourth-order valence-corrected chi connectivity index (χ4v) is 0.997. The van der Waals surface area contributed by atoms with Crippen molar-refractivity contribution in [2.75, 3.05) is 20.3 Å². The molecule has 0 aromatic carbocycles. The Hall–Kier alpha value is -0.120. The topological polar surface area (TPSA) is 27.7 Å². The summed E-state index contributed by atoms with van der Waals surface area (Å²) in [5, 5.41) is 0. The number of ether oxygens (including phenoxy) is 3. The average Bonchev–Trinajstić information content (AvgIpc) is 2.05. The van der Waals surface area contributed by atoms with E-state index in [4.69, 9.17) is 14.2 Å². The number of rotatable bonds is 8. The molecule has 0 bridgehead atoms. The summed E-state index contributed by atoms with van der Waals surface area (Å²) < 4.78 is 15.7. The van der Waals surface area contributed by atoms with Gasteiger partial charge >= 0.3 is 0 Å². The van der Waals surface area contributed by atoms with E-state index < -0.39 is 0 Å².